The Labute approximate surface area is 54.3 Å². The lowest BCUT2D eigenvalue weighted by molar-refractivity contribution is -0.134. The van der Waals surface area contributed by atoms with Crippen LogP contribution < -0.4 is 0 Å². The van der Waals surface area contributed by atoms with Crippen molar-refractivity contribution in [2.45, 2.75) is 32.1 Å². The molecule has 1 nitrogen and oxygen atoms in total. The lowest BCUT2D eigenvalue weighted by Crippen LogP contribution is -2.12. The molecule has 0 atom stereocenters. The van der Waals surface area contributed by atoms with E-state index in [2.05, 4.69) is 0 Å². The number of hydrogen-bond acceptors (Lipinski definition) is 1. The van der Waals surface area contributed by atoms with Gasteiger partial charge in [-0.2, -0.15) is 4.39 Å². The number of rotatable bonds is 1. The van der Waals surface area contributed by atoms with Crippen molar-refractivity contribution in [1.29, 1.82) is 0 Å². The lowest BCUT2D eigenvalue weighted by Gasteiger charge is -2.15. The molecule has 0 aromatic carbocycles. The van der Waals surface area contributed by atoms with Crippen LogP contribution in [-0.4, -0.2) is 6.04 Å². The molecule has 0 aromatic heterocycles. The predicted octanol–water partition coefficient (Wildman–Crippen LogP) is 2.06. The highest BCUT2D eigenvalue weighted by Gasteiger charge is 2.19. The van der Waals surface area contributed by atoms with E-state index in [1.165, 1.54) is 6.42 Å². The fraction of sp³-hybridized carbons (Fsp3) is 0.857. The van der Waals surface area contributed by atoms with Crippen LogP contribution in [-0.2, 0) is 4.79 Å². The van der Waals surface area contributed by atoms with Crippen molar-refractivity contribution in [3.63, 3.8) is 0 Å². The second-order valence-electron chi connectivity index (χ2n) is 2.64. The first-order chi connectivity index (χ1) is 4.30. The van der Waals surface area contributed by atoms with Crippen molar-refractivity contribution >= 4 is 6.04 Å². The molecule has 1 aliphatic rings. The SMILES string of the molecule is O=C(F)C1CCCCC1. The second kappa shape index (κ2) is 2.95. The topological polar surface area (TPSA) is 17.1 Å². The molecule has 9 heavy (non-hydrogen) atoms. The van der Waals surface area contributed by atoms with Gasteiger partial charge in [-0.25, -0.2) is 0 Å². The molecule has 0 amide bonds. The fourth-order valence-corrected chi connectivity index (χ4v) is 1.33. The summed E-state index contributed by atoms with van der Waals surface area (Å²) in [6.07, 6.45) is 4.77. The minimum absolute atomic E-state index is 0.251. The highest BCUT2D eigenvalue weighted by atomic mass is 19.1. The third-order valence-electron chi connectivity index (χ3n) is 1.93. The Hall–Kier alpha value is -0.400. The summed E-state index contributed by atoms with van der Waals surface area (Å²) in [5.41, 5.74) is 0. The third-order valence-corrected chi connectivity index (χ3v) is 1.93. The summed E-state index contributed by atoms with van der Waals surface area (Å²) in [5, 5.41) is 0. The average molecular weight is 130 g/mol. The Morgan fingerprint density at radius 1 is 1.22 bits per heavy atom. The van der Waals surface area contributed by atoms with Crippen LogP contribution >= 0.6 is 0 Å². The van der Waals surface area contributed by atoms with Crippen molar-refractivity contribution in [3.8, 4) is 0 Å². The summed E-state index contributed by atoms with van der Waals surface area (Å²) in [6, 6.07) is -1.10. The number of halogens is 1. The molecule has 0 heterocycles. The quantitative estimate of drug-likeness (QED) is 0.496. The molecule has 1 rings (SSSR count). The van der Waals surface area contributed by atoms with Crippen LogP contribution in [0.4, 0.5) is 4.39 Å². The Kier molecular flexibility index (Phi) is 2.20. The van der Waals surface area contributed by atoms with Gasteiger partial charge in [0, 0.05) is 5.92 Å². The smallest absolute Gasteiger partial charge is 0.261 e. The minimum atomic E-state index is -1.10. The maximum Gasteiger partial charge on any atom is 0.304 e. The monoisotopic (exact) mass is 130 g/mol. The standard InChI is InChI=1S/C7H11FO/c8-7(9)6-4-2-1-3-5-6/h6H,1-5H2. The van der Waals surface area contributed by atoms with E-state index in [0.717, 1.165) is 25.7 Å². The van der Waals surface area contributed by atoms with Gasteiger partial charge in [0.2, 0.25) is 0 Å². The van der Waals surface area contributed by atoms with Crippen molar-refractivity contribution in [2.24, 2.45) is 5.92 Å². The van der Waals surface area contributed by atoms with Gasteiger partial charge in [-0.3, -0.25) is 4.79 Å². The molecule has 1 fully saturated rings. The molecule has 0 unspecified atom stereocenters. The summed E-state index contributed by atoms with van der Waals surface area (Å²) < 4.78 is 11.9. The van der Waals surface area contributed by atoms with Gasteiger partial charge < -0.3 is 0 Å². The molecular weight excluding hydrogens is 119 g/mol. The summed E-state index contributed by atoms with van der Waals surface area (Å²) in [4.78, 5) is 10.1. The van der Waals surface area contributed by atoms with Crippen molar-refractivity contribution < 1.29 is 9.18 Å². The number of carbonyl (C=O) groups excluding carboxylic acids is 1. The highest BCUT2D eigenvalue weighted by molar-refractivity contribution is 5.70. The lowest BCUT2D eigenvalue weighted by atomic mass is 9.90. The van der Waals surface area contributed by atoms with Gasteiger partial charge in [0.25, 0.3) is 0 Å². The molecule has 0 aliphatic heterocycles. The predicted molar refractivity (Wildman–Crippen MR) is 32.7 cm³/mol. The van der Waals surface area contributed by atoms with Crippen LogP contribution in [0.3, 0.4) is 0 Å². The van der Waals surface area contributed by atoms with Crippen LogP contribution in [0.25, 0.3) is 0 Å². The van der Waals surface area contributed by atoms with Crippen molar-refractivity contribution in [2.75, 3.05) is 0 Å². The van der Waals surface area contributed by atoms with Crippen LogP contribution in [0.2, 0.25) is 0 Å². The Balaban J connectivity index is 2.31. The molecule has 1 aliphatic carbocycles. The van der Waals surface area contributed by atoms with E-state index >= 15 is 0 Å². The molecule has 0 N–H and O–H groups in total. The zero-order valence-electron chi connectivity index (χ0n) is 5.40. The van der Waals surface area contributed by atoms with Gasteiger partial charge in [0.1, 0.15) is 0 Å². The van der Waals surface area contributed by atoms with Gasteiger partial charge in [0.05, 0.1) is 0 Å². The van der Waals surface area contributed by atoms with E-state index in [-0.39, 0.29) is 5.92 Å². The zero-order chi connectivity index (χ0) is 6.69. The molecule has 0 saturated heterocycles. The Morgan fingerprint density at radius 3 is 2.11 bits per heavy atom. The highest BCUT2D eigenvalue weighted by Crippen LogP contribution is 2.24. The zero-order valence-corrected chi connectivity index (χ0v) is 5.40. The van der Waals surface area contributed by atoms with E-state index in [4.69, 9.17) is 0 Å². The number of hydrogen-bond donors (Lipinski definition) is 0. The summed E-state index contributed by atoms with van der Waals surface area (Å²) in [7, 11) is 0. The normalized spacial score (nSPS) is 21.9. The van der Waals surface area contributed by atoms with Gasteiger partial charge in [0.15, 0.2) is 0 Å². The number of carbonyl (C=O) groups is 1. The van der Waals surface area contributed by atoms with E-state index in [1.54, 1.807) is 0 Å². The molecule has 0 spiro atoms. The largest absolute Gasteiger partial charge is 0.304 e. The second-order valence-corrected chi connectivity index (χ2v) is 2.64. The van der Waals surface area contributed by atoms with Crippen LogP contribution in [0.5, 0.6) is 0 Å². The van der Waals surface area contributed by atoms with Gasteiger partial charge in [-0.15, -0.1) is 0 Å². The van der Waals surface area contributed by atoms with Crippen LogP contribution in [0, 0.1) is 5.92 Å². The molecule has 1 saturated carbocycles. The maximum absolute atomic E-state index is 11.9. The van der Waals surface area contributed by atoms with E-state index in [1.807, 2.05) is 0 Å². The Morgan fingerprint density at radius 2 is 1.78 bits per heavy atom. The molecule has 0 bridgehead atoms. The summed E-state index contributed by atoms with van der Waals surface area (Å²) >= 11 is 0. The van der Waals surface area contributed by atoms with Crippen molar-refractivity contribution in [1.82, 2.24) is 0 Å². The van der Waals surface area contributed by atoms with Gasteiger partial charge in [-0.1, -0.05) is 19.3 Å². The molecule has 0 aromatic rings. The first kappa shape index (κ1) is 6.72. The molecule has 2 heteroatoms. The fourth-order valence-electron chi connectivity index (χ4n) is 1.33. The van der Waals surface area contributed by atoms with Gasteiger partial charge >= 0.3 is 6.04 Å². The summed E-state index contributed by atoms with van der Waals surface area (Å²) in [6.45, 7) is 0. The third kappa shape index (κ3) is 1.77. The van der Waals surface area contributed by atoms with E-state index in [9.17, 15) is 9.18 Å². The van der Waals surface area contributed by atoms with Crippen LogP contribution in [0.1, 0.15) is 32.1 Å². The average Bonchev–Trinajstić information content (AvgIpc) is 1.90. The van der Waals surface area contributed by atoms with Gasteiger partial charge in [-0.05, 0) is 12.8 Å². The minimum Gasteiger partial charge on any atom is -0.261 e. The molecular formula is C7H11FO. The van der Waals surface area contributed by atoms with E-state index in [0.29, 0.717) is 0 Å². The first-order valence-electron chi connectivity index (χ1n) is 3.50. The first-order valence-corrected chi connectivity index (χ1v) is 3.50. The van der Waals surface area contributed by atoms with E-state index < -0.39 is 6.04 Å². The van der Waals surface area contributed by atoms with Crippen molar-refractivity contribution in [3.05, 3.63) is 0 Å². The summed E-state index contributed by atoms with van der Waals surface area (Å²) in [5.74, 6) is -0.251. The van der Waals surface area contributed by atoms with Crippen LogP contribution in [0.15, 0.2) is 0 Å². The molecule has 0 radical (unpaired) electrons. The molecule has 52 valence electrons. The maximum atomic E-state index is 11.9. The Bertz CT molecular complexity index is 105.